The van der Waals surface area contributed by atoms with Crippen molar-refractivity contribution < 1.29 is 19.1 Å². The Morgan fingerprint density at radius 3 is 2.41 bits per heavy atom. The minimum atomic E-state index is -0.358. The van der Waals surface area contributed by atoms with Crippen molar-refractivity contribution in [3.8, 4) is 5.75 Å². The summed E-state index contributed by atoms with van der Waals surface area (Å²) in [5, 5.41) is 5.56. The molecule has 7 heteroatoms. The van der Waals surface area contributed by atoms with Crippen molar-refractivity contribution in [2.24, 2.45) is 5.92 Å². The third-order valence-corrected chi connectivity index (χ3v) is 4.86. The Hall–Kier alpha value is -3.35. The zero-order valence-electron chi connectivity index (χ0n) is 16.4. The highest BCUT2D eigenvalue weighted by atomic mass is 16.5. The highest BCUT2D eigenvalue weighted by Crippen LogP contribution is 2.20. The molecule has 1 aliphatic heterocycles. The molecule has 0 radical (unpaired) electrons. The molecule has 0 spiro atoms. The molecule has 0 saturated carbocycles. The van der Waals surface area contributed by atoms with Crippen LogP contribution in [0.4, 0.5) is 0 Å². The number of nitrogens with zero attached hydrogens (tertiary/aromatic N) is 1. The number of amides is 3. The van der Waals surface area contributed by atoms with Gasteiger partial charge in [-0.1, -0.05) is 30.3 Å². The average Bonchev–Trinajstić information content (AvgIpc) is 3.12. The number of likely N-dealkylation sites (tertiary alicyclic amines) is 1. The van der Waals surface area contributed by atoms with Crippen molar-refractivity contribution in [3.05, 3.63) is 65.7 Å². The molecule has 1 unspecified atom stereocenters. The fourth-order valence-corrected chi connectivity index (χ4v) is 3.25. The van der Waals surface area contributed by atoms with Gasteiger partial charge in [0.05, 0.1) is 13.0 Å². The number of hydrogen-bond donors (Lipinski definition) is 2. The number of ether oxygens (including phenoxy) is 1. The van der Waals surface area contributed by atoms with Gasteiger partial charge in [-0.05, 0) is 29.8 Å². The van der Waals surface area contributed by atoms with Crippen LogP contribution in [0.25, 0.3) is 0 Å². The van der Waals surface area contributed by atoms with E-state index in [-0.39, 0.29) is 30.1 Å². The Labute approximate surface area is 170 Å². The normalized spacial score (nSPS) is 15.8. The van der Waals surface area contributed by atoms with E-state index in [0.29, 0.717) is 37.5 Å². The van der Waals surface area contributed by atoms with Crippen LogP contribution in [0.5, 0.6) is 5.75 Å². The van der Waals surface area contributed by atoms with Crippen LogP contribution < -0.4 is 15.4 Å². The molecule has 0 aromatic heterocycles. The highest BCUT2D eigenvalue weighted by Gasteiger charge is 2.33. The lowest BCUT2D eigenvalue weighted by atomic mass is 10.1. The maximum absolute atomic E-state index is 12.4. The molecule has 1 atom stereocenters. The van der Waals surface area contributed by atoms with Gasteiger partial charge in [0.15, 0.2) is 0 Å². The molecular formula is C22H25N3O4. The van der Waals surface area contributed by atoms with Gasteiger partial charge in [-0.25, -0.2) is 0 Å². The number of carbonyl (C=O) groups is 3. The van der Waals surface area contributed by atoms with Crippen molar-refractivity contribution in [1.29, 1.82) is 0 Å². The average molecular weight is 395 g/mol. The van der Waals surface area contributed by atoms with Gasteiger partial charge in [-0.3, -0.25) is 14.4 Å². The van der Waals surface area contributed by atoms with Gasteiger partial charge in [0, 0.05) is 38.2 Å². The molecule has 2 N–H and O–H groups in total. The molecule has 2 aromatic rings. The van der Waals surface area contributed by atoms with E-state index in [1.807, 2.05) is 30.3 Å². The molecule has 7 nitrogen and oxygen atoms in total. The molecule has 1 aliphatic rings. The van der Waals surface area contributed by atoms with Crippen molar-refractivity contribution in [1.82, 2.24) is 15.5 Å². The Kier molecular flexibility index (Phi) is 6.84. The van der Waals surface area contributed by atoms with Gasteiger partial charge in [-0.15, -0.1) is 0 Å². The van der Waals surface area contributed by atoms with Crippen LogP contribution in [0.15, 0.2) is 54.6 Å². The molecule has 152 valence electrons. The molecule has 0 bridgehead atoms. The monoisotopic (exact) mass is 395 g/mol. The van der Waals surface area contributed by atoms with Crippen LogP contribution >= 0.6 is 0 Å². The van der Waals surface area contributed by atoms with E-state index in [1.165, 1.54) is 0 Å². The SMILES string of the molecule is COc1ccc(C(=O)NCCNC(=O)C2CC(=O)N(Cc3ccccc3)C2)cc1. The lowest BCUT2D eigenvalue weighted by Crippen LogP contribution is -2.38. The van der Waals surface area contributed by atoms with Crippen LogP contribution in [0.3, 0.4) is 0 Å². The van der Waals surface area contributed by atoms with Crippen molar-refractivity contribution in [3.63, 3.8) is 0 Å². The topological polar surface area (TPSA) is 87.7 Å². The first kappa shape index (κ1) is 20.4. The largest absolute Gasteiger partial charge is 0.497 e. The summed E-state index contributed by atoms with van der Waals surface area (Å²) < 4.78 is 5.06. The lowest BCUT2D eigenvalue weighted by molar-refractivity contribution is -0.129. The Morgan fingerprint density at radius 1 is 1.03 bits per heavy atom. The van der Waals surface area contributed by atoms with Crippen molar-refractivity contribution >= 4 is 17.7 Å². The fraction of sp³-hybridized carbons (Fsp3) is 0.318. The van der Waals surface area contributed by atoms with Crippen LogP contribution in [-0.4, -0.2) is 49.4 Å². The number of methoxy groups -OCH3 is 1. The van der Waals surface area contributed by atoms with Crippen molar-refractivity contribution in [2.45, 2.75) is 13.0 Å². The van der Waals surface area contributed by atoms with E-state index in [2.05, 4.69) is 10.6 Å². The summed E-state index contributed by atoms with van der Waals surface area (Å²) in [5.41, 5.74) is 1.57. The Bertz CT molecular complexity index is 852. The zero-order chi connectivity index (χ0) is 20.6. The highest BCUT2D eigenvalue weighted by molar-refractivity contribution is 5.94. The van der Waals surface area contributed by atoms with Gasteiger partial charge >= 0.3 is 0 Å². The summed E-state index contributed by atoms with van der Waals surface area (Å²) in [7, 11) is 1.57. The first-order valence-corrected chi connectivity index (χ1v) is 9.58. The van der Waals surface area contributed by atoms with Crippen LogP contribution in [0.2, 0.25) is 0 Å². The molecule has 0 aliphatic carbocycles. The first-order valence-electron chi connectivity index (χ1n) is 9.58. The van der Waals surface area contributed by atoms with E-state index < -0.39 is 0 Å². The van der Waals surface area contributed by atoms with E-state index >= 15 is 0 Å². The zero-order valence-corrected chi connectivity index (χ0v) is 16.4. The summed E-state index contributed by atoms with van der Waals surface area (Å²) in [6.07, 6.45) is 0.219. The minimum Gasteiger partial charge on any atom is -0.497 e. The summed E-state index contributed by atoms with van der Waals surface area (Å²) in [5.74, 6) is -0.0638. The van der Waals surface area contributed by atoms with Gasteiger partial charge in [0.2, 0.25) is 11.8 Å². The number of rotatable bonds is 8. The second-order valence-corrected chi connectivity index (χ2v) is 6.94. The molecule has 3 amide bonds. The first-order chi connectivity index (χ1) is 14.1. The summed E-state index contributed by atoms with van der Waals surface area (Å²) in [4.78, 5) is 38.4. The maximum Gasteiger partial charge on any atom is 0.251 e. The van der Waals surface area contributed by atoms with E-state index in [9.17, 15) is 14.4 Å². The number of carbonyl (C=O) groups excluding carboxylic acids is 3. The Balaban J connectivity index is 1.39. The van der Waals surface area contributed by atoms with Gasteiger partial charge in [-0.2, -0.15) is 0 Å². The fourth-order valence-electron chi connectivity index (χ4n) is 3.25. The number of benzene rings is 2. The predicted molar refractivity (Wildman–Crippen MR) is 108 cm³/mol. The molecule has 2 aromatic carbocycles. The van der Waals surface area contributed by atoms with Gasteiger partial charge < -0.3 is 20.3 Å². The predicted octanol–water partition coefficient (Wildman–Crippen LogP) is 1.59. The molecule has 29 heavy (non-hydrogen) atoms. The molecule has 1 fully saturated rings. The second kappa shape index (κ2) is 9.73. The molecule has 1 saturated heterocycles. The number of hydrogen-bond acceptors (Lipinski definition) is 4. The smallest absolute Gasteiger partial charge is 0.251 e. The van der Waals surface area contributed by atoms with Crippen LogP contribution in [-0.2, 0) is 16.1 Å². The quantitative estimate of drug-likeness (QED) is 0.665. The standard InChI is InChI=1S/C22H25N3O4/c1-29-19-9-7-17(8-10-19)21(27)23-11-12-24-22(28)18-13-20(26)25(15-18)14-16-5-3-2-4-6-16/h2-10,18H,11-15H2,1H3,(H,23,27)(H,24,28). The van der Waals surface area contributed by atoms with Crippen LogP contribution in [0.1, 0.15) is 22.3 Å². The third-order valence-electron chi connectivity index (χ3n) is 4.86. The summed E-state index contributed by atoms with van der Waals surface area (Å²) in [6, 6.07) is 16.5. The van der Waals surface area contributed by atoms with E-state index in [0.717, 1.165) is 5.56 Å². The summed E-state index contributed by atoms with van der Waals surface area (Å²) in [6.45, 7) is 1.55. The maximum atomic E-state index is 12.4. The minimum absolute atomic E-state index is 0.0122. The summed E-state index contributed by atoms with van der Waals surface area (Å²) >= 11 is 0. The van der Waals surface area contributed by atoms with Gasteiger partial charge in [0.1, 0.15) is 5.75 Å². The van der Waals surface area contributed by atoms with E-state index in [1.54, 1.807) is 36.3 Å². The van der Waals surface area contributed by atoms with Crippen molar-refractivity contribution in [2.75, 3.05) is 26.7 Å². The second-order valence-electron chi connectivity index (χ2n) is 6.94. The molecule has 1 heterocycles. The molecule has 3 rings (SSSR count). The van der Waals surface area contributed by atoms with Crippen LogP contribution in [0, 0.1) is 5.92 Å². The van der Waals surface area contributed by atoms with E-state index in [4.69, 9.17) is 4.74 Å². The Morgan fingerprint density at radius 2 is 1.72 bits per heavy atom. The molecular weight excluding hydrogens is 370 g/mol. The third kappa shape index (κ3) is 5.57. The number of nitrogens with one attached hydrogen (secondary N) is 2. The van der Waals surface area contributed by atoms with Gasteiger partial charge in [0.25, 0.3) is 5.91 Å². The lowest BCUT2D eigenvalue weighted by Gasteiger charge is -2.16.